The minimum Gasteiger partial charge on any atom is -0.346 e. The van der Waals surface area contributed by atoms with Gasteiger partial charge >= 0.3 is 0 Å². The Balaban J connectivity index is 1.41. The predicted molar refractivity (Wildman–Crippen MR) is 102 cm³/mol. The van der Waals surface area contributed by atoms with Crippen LogP contribution in [0.3, 0.4) is 0 Å². The van der Waals surface area contributed by atoms with Gasteiger partial charge in [0.05, 0.1) is 12.0 Å². The van der Waals surface area contributed by atoms with Gasteiger partial charge in [0.15, 0.2) is 0 Å². The van der Waals surface area contributed by atoms with Crippen molar-refractivity contribution in [1.29, 1.82) is 0 Å². The maximum absolute atomic E-state index is 12.6. The van der Waals surface area contributed by atoms with Gasteiger partial charge in [-0.3, -0.25) is 9.59 Å². The van der Waals surface area contributed by atoms with Crippen LogP contribution in [0.15, 0.2) is 54.6 Å². The van der Waals surface area contributed by atoms with Gasteiger partial charge in [-0.15, -0.1) is 0 Å². The Hall–Kier alpha value is -2.62. The standard InChI is InChI=1S/C22H24N2O2/c25-20(23-22(13-5-14-22)18-6-2-1-3-7-18)16-17-9-11-19(12-10-17)24-15-4-8-21(24)26/h1-3,6-7,9-12H,4-5,8,13-16H2,(H,23,25). The second-order valence-electron chi connectivity index (χ2n) is 7.34. The number of nitrogens with zero attached hydrogens (tertiary/aromatic N) is 1. The molecule has 0 atom stereocenters. The van der Waals surface area contributed by atoms with Gasteiger partial charge in [0.25, 0.3) is 0 Å². The van der Waals surface area contributed by atoms with E-state index in [1.807, 2.05) is 47.4 Å². The van der Waals surface area contributed by atoms with E-state index < -0.39 is 0 Å². The molecule has 4 heteroatoms. The highest BCUT2D eigenvalue weighted by atomic mass is 16.2. The van der Waals surface area contributed by atoms with Crippen LogP contribution in [0.4, 0.5) is 5.69 Å². The SMILES string of the molecule is O=C(Cc1ccc(N2CCCC2=O)cc1)NC1(c2ccccc2)CCC1. The smallest absolute Gasteiger partial charge is 0.227 e. The van der Waals surface area contributed by atoms with Crippen molar-refractivity contribution in [3.8, 4) is 0 Å². The Morgan fingerprint density at radius 1 is 1.00 bits per heavy atom. The average molecular weight is 348 g/mol. The summed E-state index contributed by atoms with van der Waals surface area (Å²) in [6, 6.07) is 18.1. The molecule has 2 aromatic carbocycles. The van der Waals surface area contributed by atoms with Crippen LogP contribution < -0.4 is 10.2 Å². The third-order valence-electron chi connectivity index (χ3n) is 5.60. The number of hydrogen-bond acceptors (Lipinski definition) is 2. The summed E-state index contributed by atoms with van der Waals surface area (Å²) >= 11 is 0. The summed E-state index contributed by atoms with van der Waals surface area (Å²) in [5.41, 5.74) is 2.90. The maximum atomic E-state index is 12.6. The molecule has 0 radical (unpaired) electrons. The van der Waals surface area contributed by atoms with Crippen molar-refractivity contribution in [2.45, 2.75) is 44.1 Å². The van der Waals surface area contributed by atoms with Gasteiger partial charge in [-0.05, 0) is 48.9 Å². The van der Waals surface area contributed by atoms with Gasteiger partial charge in [-0.2, -0.15) is 0 Å². The van der Waals surface area contributed by atoms with Gasteiger partial charge in [-0.1, -0.05) is 42.5 Å². The topological polar surface area (TPSA) is 49.4 Å². The first-order chi connectivity index (χ1) is 12.7. The molecule has 0 aromatic heterocycles. The van der Waals surface area contributed by atoms with Crippen LogP contribution in [0.2, 0.25) is 0 Å². The predicted octanol–water partition coefficient (Wildman–Crippen LogP) is 3.55. The first kappa shape index (κ1) is 16.8. The molecular weight excluding hydrogens is 324 g/mol. The van der Waals surface area contributed by atoms with Crippen molar-refractivity contribution in [2.24, 2.45) is 0 Å². The van der Waals surface area contributed by atoms with E-state index in [9.17, 15) is 9.59 Å². The molecule has 0 unspecified atom stereocenters. The highest BCUT2D eigenvalue weighted by molar-refractivity contribution is 5.95. The molecule has 2 fully saturated rings. The quantitative estimate of drug-likeness (QED) is 0.898. The van der Waals surface area contributed by atoms with Gasteiger partial charge in [0.2, 0.25) is 11.8 Å². The zero-order valence-corrected chi connectivity index (χ0v) is 14.9. The summed E-state index contributed by atoms with van der Waals surface area (Å²) in [6.45, 7) is 0.790. The van der Waals surface area contributed by atoms with Crippen LogP contribution in [0.5, 0.6) is 0 Å². The molecular formula is C22H24N2O2. The van der Waals surface area contributed by atoms with E-state index in [0.29, 0.717) is 12.8 Å². The summed E-state index contributed by atoms with van der Waals surface area (Å²) in [4.78, 5) is 26.3. The summed E-state index contributed by atoms with van der Waals surface area (Å²) in [5, 5.41) is 3.27. The molecule has 134 valence electrons. The number of benzene rings is 2. The van der Waals surface area contributed by atoms with Crippen LogP contribution in [0, 0.1) is 0 Å². The molecule has 26 heavy (non-hydrogen) atoms. The number of amides is 2. The van der Waals surface area contributed by atoms with E-state index in [0.717, 1.165) is 43.5 Å². The van der Waals surface area contributed by atoms with Crippen LogP contribution in [0.1, 0.15) is 43.2 Å². The lowest BCUT2D eigenvalue weighted by molar-refractivity contribution is -0.123. The van der Waals surface area contributed by atoms with Crippen LogP contribution >= 0.6 is 0 Å². The van der Waals surface area contributed by atoms with Crippen LogP contribution in [-0.2, 0) is 21.5 Å². The van der Waals surface area contributed by atoms with Crippen LogP contribution in [-0.4, -0.2) is 18.4 Å². The van der Waals surface area contributed by atoms with Gasteiger partial charge in [0, 0.05) is 18.7 Å². The molecule has 2 aliphatic rings. The highest BCUT2D eigenvalue weighted by Gasteiger charge is 2.39. The molecule has 0 spiro atoms. The van der Waals surface area contributed by atoms with E-state index in [-0.39, 0.29) is 17.4 Å². The number of nitrogens with one attached hydrogen (secondary N) is 1. The zero-order valence-electron chi connectivity index (χ0n) is 14.9. The van der Waals surface area contributed by atoms with Crippen molar-refractivity contribution in [3.05, 3.63) is 65.7 Å². The Bertz CT molecular complexity index is 795. The molecule has 4 nitrogen and oxygen atoms in total. The van der Waals surface area contributed by atoms with Crippen molar-refractivity contribution in [2.75, 3.05) is 11.4 Å². The first-order valence-electron chi connectivity index (χ1n) is 9.42. The third-order valence-corrected chi connectivity index (χ3v) is 5.60. The molecule has 1 aliphatic carbocycles. The second-order valence-corrected chi connectivity index (χ2v) is 7.34. The van der Waals surface area contributed by atoms with E-state index in [1.165, 1.54) is 5.56 Å². The molecule has 1 heterocycles. The van der Waals surface area contributed by atoms with E-state index in [2.05, 4.69) is 17.4 Å². The van der Waals surface area contributed by atoms with Gasteiger partial charge < -0.3 is 10.2 Å². The molecule has 1 aliphatic heterocycles. The third kappa shape index (κ3) is 3.24. The minimum absolute atomic E-state index is 0.0542. The summed E-state index contributed by atoms with van der Waals surface area (Å²) in [6.07, 6.45) is 5.06. The Morgan fingerprint density at radius 2 is 1.73 bits per heavy atom. The monoisotopic (exact) mass is 348 g/mol. The lowest BCUT2D eigenvalue weighted by atomic mass is 9.71. The number of rotatable bonds is 5. The fourth-order valence-electron chi connectivity index (χ4n) is 3.98. The average Bonchev–Trinajstić information content (AvgIpc) is 3.06. The lowest BCUT2D eigenvalue weighted by Gasteiger charge is -2.43. The molecule has 2 amide bonds. The zero-order chi connectivity index (χ0) is 18.0. The van der Waals surface area contributed by atoms with Crippen molar-refractivity contribution in [1.82, 2.24) is 5.32 Å². The Labute approximate surface area is 154 Å². The fourth-order valence-corrected chi connectivity index (χ4v) is 3.98. The number of hydrogen-bond donors (Lipinski definition) is 1. The number of carbonyl (C=O) groups excluding carboxylic acids is 2. The Kier molecular flexibility index (Phi) is 4.49. The first-order valence-corrected chi connectivity index (χ1v) is 9.42. The lowest BCUT2D eigenvalue weighted by Crippen LogP contribution is -2.51. The number of carbonyl (C=O) groups is 2. The van der Waals surface area contributed by atoms with Crippen LogP contribution in [0.25, 0.3) is 0 Å². The molecule has 1 saturated heterocycles. The molecule has 2 aromatic rings. The molecule has 4 rings (SSSR count). The van der Waals surface area contributed by atoms with E-state index in [4.69, 9.17) is 0 Å². The van der Waals surface area contributed by atoms with E-state index in [1.54, 1.807) is 0 Å². The fraction of sp³-hybridized carbons (Fsp3) is 0.364. The Morgan fingerprint density at radius 3 is 2.31 bits per heavy atom. The molecule has 1 saturated carbocycles. The van der Waals surface area contributed by atoms with Crippen molar-refractivity contribution < 1.29 is 9.59 Å². The normalized spacial score (nSPS) is 18.5. The summed E-state index contributed by atoms with van der Waals surface area (Å²) in [5.74, 6) is 0.240. The largest absolute Gasteiger partial charge is 0.346 e. The maximum Gasteiger partial charge on any atom is 0.227 e. The van der Waals surface area contributed by atoms with Gasteiger partial charge in [0.1, 0.15) is 0 Å². The molecule has 0 bridgehead atoms. The second kappa shape index (κ2) is 6.94. The summed E-state index contributed by atoms with van der Waals surface area (Å²) < 4.78 is 0. The minimum atomic E-state index is -0.194. The van der Waals surface area contributed by atoms with Gasteiger partial charge in [-0.25, -0.2) is 0 Å². The van der Waals surface area contributed by atoms with Crippen molar-refractivity contribution in [3.63, 3.8) is 0 Å². The van der Waals surface area contributed by atoms with Crippen molar-refractivity contribution >= 4 is 17.5 Å². The van der Waals surface area contributed by atoms with E-state index >= 15 is 0 Å². The summed E-state index contributed by atoms with van der Waals surface area (Å²) in [7, 11) is 0. The molecule has 1 N–H and O–H groups in total. The number of anilines is 1. The highest BCUT2D eigenvalue weighted by Crippen LogP contribution is 2.41.